The van der Waals surface area contributed by atoms with Crippen molar-refractivity contribution >= 4 is 23.4 Å². The van der Waals surface area contributed by atoms with Gasteiger partial charge in [0.25, 0.3) is 0 Å². The molecule has 1 N–H and O–H groups in total. The molecule has 0 aliphatic heterocycles. The van der Waals surface area contributed by atoms with E-state index in [1.807, 2.05) is 29.1 Å². The van der Waals surface area contributed by atoms with Gasteiger partial charge in [-0.1, -0.05) is 30.7 Å². The average Bonchev–Trinajstić information content (AvgIpc) is 2.98. The largest absolute Gasteiger partial charge is 0.309 e. The van der Waals surface area contributed by atoms with E-state index in [2.05, 4.69) is 36.5 Å². The van der Waals surface area contributed by atoms with Crippen molar-refractivity contribution in [3.63, 3.8) is 0 Å². The van der Waals surface area contributed by atoms with Gasteiger partial charge in [-0.05, 0) is 32.0 Å². The molecule has 0 aliphatic rings. The molecule has 0 amide bonds. The standard InChI is InChI=1S/C16H22ClN3S/c1-3-9-18-15(13-10-19-20(4-2)11-13)12-21-16-8-6-5-7-14(16)17/h5-8,10-11,15,18H,3-4,9,12H2,1-2H3. The van der Waals surface area contributed by atoms with Crippen LogP contribution in [0.3, 0.4) is 0 Å². The first-order valence-corrected chi connectivity index (χ1v) is 8.74. The van der Waals surface area contributed by atoms with Crippen LogP contribution in [0.4, 0.5) is 0 Å². The Morgan fingerprint density at radius 2 is 2.14 bits per heavy atom. The van der Waals surface area contributed by atoms with Gasteiger partial charge < -0.3 is 5.32 Å². The van der Waals surface area contributed by atoms with Crippen LogP contribution in [0, 0.1) is 0 Å². The van der Waals surface area contributed by atoms with E-state index in [0.29, 0.717) is 6.04 Å². The highest BCUT2D eigenvalue weighted by Crippen LogP contribution is 2.30. The third-order valence-electron chi connectivity index (χ3n) is 3.26. The second-order valence-corrected chi connectivity index (χ2v) is 6.35. The van der Waals surface area contributed by atoms with Crippen LogP contribution in [0.2, 0.25) is 5.02 Å². The van der Waals surface area contributed by atoms with Crippen LogP contribution in [0.15, 0.2) is 41.6 Å². The van der Waals surface area contributed by atoms with Crippen LogP contribution in [-0.2, 0) is 6.54 Å². The van der Waals surface area contributed by atoms with Gasteiger partial charge in [-0.2, -0.15) is 5.10 Å². The third kappa shape index (κ3) is 4.77. The fourth-order valence-electron chi connectivity index (χ4n) is 2.06. The minimum absolute atomic E-state index is 0.298. The summed E-state index contributed by atoms with van der Waals surface area (Å²) >= 11 is 8.01. The number of nitrogens with one attached hydrogen (secondary N) is 1. The van der Waals surface area contributed by atoms with E-state index in [1.54, 1.807) is 11.8 Å². The molecule has 0 saturated carbocycles. The number of nitrogens with zero attached hydrogens (tertiary/aromatic N) is 2. The summed E-state index contributed by atoms with van der Waals surface area (Å²) in [5.74, 6) is 0.944. The summed E-state index contributed by atoms with van der Waals surface area (Å²) < 4.78 is 1.97. The second-order valence-electron chi connectivity index (χ2n) is 4.88. The Bertz CT molecular complexity index is 556. The van der Waals surface area contributed by atoms with Gasteiger partial charge >= 0.3 is 0 Å². The molecule has 1 unspecified atom stereocenters. The van der Waals surface area contributed by atoms with Crippen LogP contribution in [-0.4, -0.2) is 22.1 Å². The summed E-state index contributed by atoms with van der Waals surface area (Å²) in [6, 6.07) is 8.29. The van der Waals surface area contributed by atoms with Crippen molar-refractivity contribution in [2.45, 2.75) is 37.8 Å². The summed E-state index contributed by atoms with van der Waals surface area (Å²) in [4.78, 5) is 1.13. The number of aryl methyl sites for hydroxylation is 1. The van der Waals surface area contributed by atoms with E-state index in [9.17, 15) is 0 Å². The van der Waals surface area contributed by atoms with Gasteiger partial charge in [0, 0.05) is 35.0 Å². The summed E-state index contributed by atoms with van der Waals surface area (Å²) in [5, 5.41) is 8.79. The lowest BCUT2D eigenvalue weighted by Gasteiger charge is -2.17. The molecule has 1 heterocycles. The monoisotopic (exact) mass is 323 g/mol. The minimum atomic E-state index is 0.298. The highest BCUT2D eigenvalue weighted by atomic mass is 35.5. The Kier molecular flexibility index (Phi) is 6.61. The molecule has 0 bridgehead atoms. The molecule has 1 atom stereocenters. The predicted octanol–water partition coefficient (Wildman–Crippen LogP) is 4.39. The van der Waals surface area contributed by atoms with Crippen LogP contribution in [0.25, 0.3) is 0 Å². The first-order chi connectivity index (χ1) is 10.2. The third-order valence-corrected chi connectivity index (χ3v) is 4.87. The van der Waals surface area contributed by atoms with Crippen molar-refractivity contribution in [1.29, 1.82) is 0 Å². The zero-order valence-electron chi connectivity index (χ0n) is 12.6. The Morgan fingerprint density at radius 3 is 2.81 bits per heavy atom. The number of aromatic nitrogens is 2. The number of benzene rings is 1. The molecule has 0 aliphatic carbocycles. The first-order valence-electron chi connectivity index (χ1n) is 7.37. The van der Waals surface area contributed by atoms with Crippen molar-refractivity contribution in [2.75, 3.05) is 12.3 Å². The average molecular weight is 324 g/mol. The van der Waals surface area contributed by atoms with E-state index in [0.717, 1.165) is 35.2 Å². The number of halogens is 1. The van der Waals surface area contributed by atoms with Crippen molar-refractivity contribution in [3.05, 3.63) is 47.2 Å². The van der Waals surface area contributed by atoms with Gasteiger partial charge in [0.2, 0.25) is 0 Å². The summed E-state index contributed by atoms with van der Waals surface area (Å²) in [6.45, 7) is 6.19. The summed E-state index contributed by atoms with van der Waals surface area (Å²) in [7, 11) is 0. The molecular formula is C16H22ClN3S. The molecule has 0 fully saturated rings. The normalized spacial score (nSPS) is 12.5. The van der Waals surface area contributed by atoms with Crippen molar-refractivity contribution in [3.8, 4) is 0 Å². The molecule has 1 aromatic carbocycles. The molecule has 5 heteroatoms. The number of thioether (sulfide) groups is 1. The molecule has 1 aromatic heterocycles. The zero-order valence-corrected chi connectivity index (χ0v) is 14.1. The highest BCUT2D eigenvalue weighted by Gasteiger charge is 2.14. The smallest absolute Gasteiger partial charge is 0.0541 e. The molecule has 21 heavy (non-hydrogen) atoms. The lowest BCUT2D eigenvalue weighted by molar-refractivity contribution is 0.575. The number of rotatable bonds is 8. The number of hydrogen-bond donors (Lipinski definition) is 1. The van der Waals surface area contributed by atoms with Crippen LogP contribution in [0.1, 0.15) is 31.9 Å². The molecule has 2 aromatic rings. The number of hydrogen-bond acceptors (Lipinski definition) is 3. The van der Waals surface area contributed by atoms with Crippen LogP contribution in [0.5, 0.6) is 0 Å². The Balaban J connectivity index is 2.04. The van der Waals surface area contributed by atoms with Crippen LogP contribution >= 0.6 is 23.4 Å². The topological polar surface area (TPSA) is 29.9 Å². The minimum Gasteiger partial charge on any atom is -0.309 e. The van der Waals surface area contributed by atoms with Crippen molar-refractivity contribution in [1.82, 2.24) is 15.1 Å². The first kappa shape index (κ1) is 16.4. The van der Waals surface area contributed by atoms with Gasteiger partial charge in [-0.15, -0.1) is 11.8 Å². The molecule has 114 valence electrons. The van der Waals surface area contributed by atoms with Crippen LogP contribution < -0.4 is 5.32 Å². The van der Waals surface area contributed by atoms with Crippen molar-refractivity contribution in [2.24, 2.45) is 0 Å². The molecule has 3 nitrogen and oxygen atoms in total. The lowest BCUT2D eigenvalue weighted by atomic mass is 10.2. The van der Waals surface area contributed by atoms with Gasteiger partial charge in [0.15, 0.2) is 0 Å². The molecule has 0 saturated heterocycles. The molecule has 0 spiro atoms. The Morgan fingerprint density at radius 1 is 1.33 bits per heavy atom. The quantitative estimate of drug-likeness (QED) is 0.731. The predicted molar refractivity (Wildman–Crippen MR) is 91.1 cm³/mol. The highest BCUT2D eigenvalue weighted by molar-refractivity contribution is 7.99. The van der Waals surface area contributed by atoms with Gasteiger partial charge in [-0.25, -0.2) is 0 Å². The van der Waals surface area contributed by atoms with E-state index in [4.69, 9.17) is 11.6 Å². The summed E-state index contributed by atoms with van der Waals surface area (Å²) in [5.41, 5.74) is 1.24. The SMILES string of the molecule is CCCNC(CSc1ccccc1Cl)c1cnn(CC)c1. The maximum Gasteiger partial charge on any atom is 0.0541 e. The maximum absolute atomic E-state index is 6.23. The van der Waals surface area contributed by atoms with E-state index in [1.165, 1.54) is 5.56 Å². The van der Waals surface area contributed by atoms with Gasteiger partial charge in [0.1, 0.15) is 0 Å². The molecule has 2 rings (SSSR count). The molecule has 0 radical (unpaired) electrons. The Hall–Kier alpha value is -0.970. The maximum atomic E-state index is 6.23. The van der Waals surface area contributed by atoms with E-state index >= 15 is 0 Å². The summed E-state index contributed by atoms with van der Waals surface area (Å²) in [6.07, 6.45) is 5.21. The van der Waals surface area contributed by atoms with E-state index in [-0.39, 0.29) is 0 Å². The van der Waals surface area contributed by atoms with Gasteiger partial charge in [0.05, 0.1) is 11.2 Å². The Labute approximate surface area is 136 Å². The second kappa shape index (κ2) is 8.47. The van der Waals surface area contributed by atoms with E-state index < -0.39 is 0 Å². The van der Waals surface area contributed by atoms with Gasteiger partial charge in [-0.3, -0.25) is 4.68 Å². The fraction of sp³-hybridized carbons (Fsp3) is 0.438. The van der Waals surface area contributed by atoms with Crippen molar-refractivity contribution < 1.29 is 0 Å². The zero-order chi connectivity index (χ0) is 15.1. The fourth-order valence-corrected chi connectivity index (χ4v) is 3.40. The lowest BCUT2D eigenvalue weighted by Crippen LogP contribution is -2.23. The molecular weight excluding hydrogens is 302 g/mol.